The number of anilines is 1. The van der Waals surface area contributed by atoms with Crippen molar-refractivity contribution in [2.45, 2.75) is 12.8 Å². The van der Waals surface area contributed by atoms with Crippen molar-refractivity contribution < 1.29 is 4.42 Å². The lowest BCUT2D eigenvalue weighted by molar-refractivity contribution is 0.571. The summed E-state index contributed by atoms with van der Waals surface area (Å²) in [5, 5.41) is 4.80. The molecule has 0 unspecified atom stereocenters. The maximum Gasteiger partial charge on any atom is 0.247 e. The third-order valence-electron chi connectivity index (χ3n) is 4.08. The van der Waals surface area contributed by atoms with Crippen LogP contribution in [0.5, 0.6) is 0 Å². The van der Waals surface area contributed by atoms with Crippen molar-refractivity contribution in [1.82, 2.24) is 14.8 Å². The van der Waals surface area contributed by atoms with E-state index in [0.717, 1.165) is 35.5 Å². The number of rotatable bonds is 3. The smallest absolute Gasteiger partial charge is 0.247 e. The first-order valence-corrected chi connectivity index (χ1v) is 7.70. The van der Waals surface area contributed by atoms with E-state index in [1.165, 1.54) is 5.69 Å². The molecule has 2 heterocycles. The predicted octanol–water partition coefficient (Wildman–Crippen LogP) is 3.55. The largest absolute Gasteiger partial charge is 0.443 e. The summed E-state index contributed by atoms with van der Waals surface area (Å²) in [6.45, 7) is 0. The molecule has 0 bridgehead atoms. The standard InChI is InChI=1S/C18H18N4O/c1-21(2)13-6-5-7-14(12-13)22-16-9-4-3-8-15(16)17(20-22)18-19-10-11-23-18/h3,5-8,10-12H,4,9H2,1-2H3. The fraction of sp³-hybridized carbons (Fsp3) is 0.222. The van der Waals surface area contributed by atoms with E-state index in [2.05, 4.69) is 46.3 Å². The van der Waals surface area contributed by atoms with Crippen LogP contribution in [0.3, 0.4) is 0 Å². The first-order chi connectivity index (χ1) is 11.2. The Morgan fingerprint density at radius 2 is 2.17 bits per heavy atom. The van der Waals surface area contributed by atoms with Gasteiger partial charge in [0.05, 0.1) is 17.6 Å². The fourth-order valence-electron chi connectivity index (χ4n) is 2.92. The van der Waals surface area contributed by atoms with Gasteiger partial charge in [0.15, 0.2) is 5.69 Å². The normalized spacial score (nSPS) is 13.1. The molecule has 0 saturated heterocycles. The van der Waals surface area contributed by atoms with Gasteiger partial charge in [-0.05, 0) is 31.0 Å². The molecule has 2 aromatic heterocycles. The predicted molar refractivity (Wildman–Crippen MR) is 90.7 cm³/mol. The summed E-state index contributed by atoms with van der Waals surface area (Å²) in [7, 11) is 4.08. The van der Waals surface area contributed by atoms with Crippen LogP contribution in [0.1, 0.15) is 17.7 Å². The highest BCUT2D eigenvalue weighted by molar-refractivity contribution is 5.71. The molecule has 1 aromatic carbocycles. The van der Waals surface area contributed by atoms with Gasteiger partial charge in [-0.15, -0.1) is 0 Å². The van der Waals surface area contributed by atoms with E-state index < -0.39 is 0 Å². The van der Waals surface area contributed by atoms with Crippen molar-refractivity contribution >= 4 is 11.8 Å². The van der Waals surface area contributed by atoms with E-state index in [-0.39, 0.29) is 0 Å². The second-order valence-electron chi connectivity index (χ2n) is 5.81. The van der Waals surface area contributed by atoms with Crippen LogP contribution in [0.4, 0.5) is 5.69 Å². The minimum absolute atomic E-state index is 0.565. The Morgan fingerprint density at radius 3 is 2.96 bits per heavy atom. The number of benzene rings is 1. The van der Waals surface area contributed by atoms with Gasteiger partial charge in [-0.25, -0.2) is 9.67 Å². The molecule has 5 heteroatoms. The molecule has 4 rings (SSSR count). The zero-order chi connectivity index (χ0) is 15.8. The quantitative estimate of drug-likeness (QED) is 0.742. The van der Waals surface area contributed by atoms with E-state index in [4.69, 9.17) is 9.52 Å². The molecular formula is C18H18N4O. The van der Waals surface area contributed by atoms with E-state index in [1.807, 2.05) is 18.8 Å². The van der Waals surface area contributed by atoms with Crippen LogP contribution < -0.4 is 4.90 Å². The summed E-state index contributed by atoms with van der Waals surface area (Å²) in [4.78, 5) is 6.35. The van der Waals surface area contributed by atoms with Gasteiger partial charge in [0, 0.05) is 25.3 Å². The first kappa shape index (κ1) is 13.8. The van der Waals surface area contributed by atoms with E-state index in [1.54, 1.807) is 12.5 Å². The Labute approximate surface area is 134 Å². The first-order valence-electron chi connectivity index (χ1n) is 7.70. The highest BCUT2D eigenvalue weighted by atomic mass is 16.3. The van der Waals surface area contributed by atoms with E-state index in [9.17, 15) is 0 Å². The summed E-state index contributed by atoms with van der Waals surface area (Å²) in [6.07, 6.45) is 9.53. The third-order valence-corrected chi connectivity index (χ3v) is 4.08. The summed E-state index contributed by atoms with van der Waals surface area (Å²) in [5.41, 5.74) is 5.32. The molecule has 0 atom stereocenters. The molecule has 1 aliphatic carbocycles. The second-order valence-corrected chi connectivity index (χ2v) is 5.81. The van der Waals surface area contributed by atoms with Crippen LogP contribution in [-0.2, 0) is 6.42 Å². The van der Waals surface area contributed by atoms with Gasteiger partial charge in [-0.2, -0.15) is 5.10 Å². The monoisotopic (exact) mass is 306 g/mol. The minimum atomic E-state index is 0.565. The topological polar surface area (TPSA) is 47.1 Å². The lowest BCUT2D eigenvalue weighted by atomic mass is 10.0. The van der Waals surface area contributed by atoms with Crippen molar-refractivity contribution in [3.8, 4) is 17.3 Å². The Balaban J connectivity index is 1.90. The highest BCUT2D eigenvalue weighted by Gasteiger charge is 2.22. The fourth-order valence-corrected chi connectivity index (χ4v) is 2.92. The van der Waals surface area contributed by atoms with Gasteiger partial charge in [-0.3, -0.25) is 0 Å². The molecule has 23 heavy (non-hydrogen) atoms. The highest BCUT2D eigenvalue weighted by Crippen LogP contribution is 2.31. The molecule has 0 fully saturated rings. The number of hydrogen-bond acceptors (Lipinski definition) is 4. The van der Waals surface area contributed by atoms with Crippen LogP contribution in [0, 0.1) is 0 Å². The van der Waals surface area contributed by atoms with Crippen molar-refractivity contribution in [2.75, 3.05) is 19.0 Å². The van der Waals surface area contributed by atoms with Crippen LogP contribution >= 0.6 is 0 Å². The van der Waals surface area contributed by atoms with Gasteiger partial charge >= 0.3 is 0 Å². The van der Waals surface area contributed by atoms with Gasteiger partial charge < -0.3 is 9.32 Å². The van der Waals surface area contributed by atoms with Gasteiger partial charge in [-0.1, -0.05) is 18.2 Å². The molecule has 116 valence electrons. The number of allylic oxidation sites excluding steroid dienone is 1. The van der Waals surface area contributed by atoms with E-state index in [0.29, 0.717) is 5.89 Å². The zero-order valence-corrected chi connectivity index (χ0v) is 13.2. The van der Waals surface area contributed by atoms with Crippen molar-refractivity contribution in [3.05, 3.63) is 54.1 Å². The maximum atomic E-state index is 5.47. The number of nitrogens with zero attached hydrogens (tertiary/aromatic N) is 4. The maximum absolute atomic E-state index is 5.47. The Hall–Kier alpha value is -2.82. The van der Waals surface area contributed by atoms with Gasteiger partial charge in [0.25, 0.3) is 0 Å². The van der Waals surface area contributed by atoms with Crippen LogP contribution in [0.25, 0.3) is 23.3 Å². The summed E-state index contributed by atoms with van der Waals surface area (Å²) in [6, 6.07) is 8.37. The molecule has 3 aromatic rings. The van der Waals surface area contributed by atoms with Crippen LogP contribution in [-0.4, -0.2) is 28.9 Å². The number of oxazole rings is 1. The number of hydrogen-bond donors (Lipinski definition) is 0. The lowest BCUT2D eigenvalue weighted by Crippen LogP contribution is -2.10. The second kappa shape index (κ2) is 5.43. The lowest BCUT2D eigenvalue weighted by Gasteiger charge is -2.15. The minimum Gasteiger partial charge on any atom is -0.443 e. The summed E-state index contributed by atoms with van der Waals surface area (Å²) in [5.74, 6) is 0.565. The zero-order valence-electron chi connectivity index (χ0n) is 13.2. The molecule has 1 aliphatic rings. The molecule has 0 amide bonds. The Morgan fingerprint density at radius 1 is 1.26 bits per heavy atom. The molecule has 0 N–H and O–H groups in total. The molecule has 0 saturated carbocycles. The van der Waals surface area contributed by atoms with Crippen molar-refractivity contribution in [1.29, 1.82) is 0 Å². The van der Waals surface area contributed by atoms with Crippen LogP contribution in [0.15, 0.2) is 47.2 Å². The van der Waals surface area contributed by atoms with Gasteiger partial charge in [0.2, 0.25) is 5.89 Å². The van der Waals surface area contributed by atoms with Crippen LogP contribution in [0.2, 0.25) is 0 Å². The van der Waals surface area contributed by atoms with E-state index >= 15 is 0 Å². The Bertz CT molecular complexity index is 859. The molecule has 0 radical (unpaired) electrons. The summed E-state index contributed by atoms with van der Waals surface area (Å²) < 4.78 is 7.49. The average Bonchev–Trinajstić information content (AvgIpc) is 3.22. The molecular weight excluding hydrogens is 288 g/mol. The summed E-state index contributed by atoms with van der Waals surface area (Å²) >= 11 is 0. The molecule has 0 aliphatic heterocycles. The molecule has 0 spiro atoms. The molecule has 5 nitrogen and oxygen atoms in total. The van der Waals surface area contributed by atoms with Gasteiger partial charge in [0.1, 0.15) is 6.26 Å². The number of fused-ring (bicyclic) bond motifs is 1. The number of aromatic nitrogens is 3. The SMILES string of the molecule is CN(C)c1cccc(-n2nc(-c3ncco3)c3c2CCC=C3)c1. The van der Waals surface area contributed by atoms with Crippen molar-refractivity contribution in [2.24, 2.45) is 0 Å². The average molecular weight is 306 g/mol. The Kier molecular flexibility index (Phi) is 3.26. The third kappa shape index (κ3) is 2.34. The van der Waals surface area contributed by atoms with Crippen molar-refractivity contribution in [3.63, 3.8) is 0 Å².